The average molecular weight is 178 g/mol. The van der Waals surface area contributed by atoms with Crippen LogP contribution in [0.5, 0.6) is 0 Å². The fourth-order valence-electron chi connectivity index (χ4n) is 2.62. The maximum Gasteiger partial charge on any atom is 0.0524 e. The summed E-state index contributed by atoms with van der Waals surface area (Å²) in [7, 11) is 0. The number of rotatable bonds is 1. The monoisotopic (exact) mass is 178 g/mol. The molecule has 2 heteroatoms. The number of nitrogens with zero attached hydrogens (tertiary/aromatic N) is 2. The first-order valence-corrected chi connectivity index (χ1v) is 5.25. The summed E-state index contributed by atoms with van der Waals surface area (Å²) in [6.07, 6.45) is 7.95. The van der Waals surface area contributed by atoms with Crippen LogP contribution in [0.2, 0.25) is 0 Å². The molecule has 1 heterocycles. The first kappa shape index (κ1) is 8.79. The lowest BCUT2D eigenvalue weighted by Crippen LogP contribution is -2.22. The van der Waals surface area contributed by atoms with Crippen LogP contribution in [-0.4, -0.2) is 9.78 Å². The van der Waals surface area contributed by atoms with Gasteiger partial charge in [0.25, 0.3) is 0 Å². The quantitative estimate of drug-likeness (QED) is 0.646. The molecular weight excluding hydrogens is 160 g/mol. The highest BCUT2D eigenvalue weighted by atomic mass is 15.3. The Hall–Kier alpha value is -0.790. The molecule has 2 unspecified atom stereocenters. The highest BCUT2D eigenvalue weighted by Crippen LogP contribution is 2.35. The van der Waals surface area contributed by atoms with E-state index in [1.54, 1.807) is 0 Å². The summed E-state index contributed by atoms with van der Waals surface area (Å²) in [6, 6.07) is 2.66. The normalized spacial score (nSPS) is 34.8. The molecule has 0 bridgehead atoms. The minimum Gasteiger partial charge on any atom is -0.270 e. The zero-order valence-corrected chi connectivity index (χ0v) is 8.48. The van der Waals surface area contributed by atoms with Gasteiger partial charge in [-0.1, -0.05) is 13.8 Å². The fraction of sp³-hybridized carbons (Fsp3) is 0.727. The van der Waals surface area contributed by atoms with E-state index < -0.39 is 0 Å². The van der Waals surface area contributed by atoms with Gasteiger partial charge in [0, 0.05) is 12.4 Å². The molecule has 1 aromatic rings. The highest BCUT2D eigenvalue weighted by Gasteiger charge is 2.24. The second kappa shape index (κ2) is 3.52. The second-order valence-corrected chi connectivity index (χ2v) is 4.56. The Kier molecular flexibility index (Phi) is 2.38. The molecule has 0 saturated heterocycles. The third-order valence-corrected chi connectivity index (χ3v) is 3.05. The van der Waals surface area contributed by atoms with Gasteiger partial charge in [0.15, 0.2) is 0 Å². The third-order valence-electron chi connectivity index (χ3n) is 3.05. The molecule has 0 spiro atoms. The van der Waals surface area contributed by atoms with Crippen LogP contribution in [-0.2, 0) is 0 Å². The van der Waals surface area contributed by atoms with E-state index in [-0.39, 0.29) is 0 Å². The summed E-state index contributed by atoms with van der Waals surface area (Å²) < 4.78 is 2.13. The van der Waals surface area contributed by atoms with E-state index in [0.29, 0.717) is 6.04 Å². The summed E-state index contributed by atoms with van der Waals surface area (Å²) in [4.78, 5) is 0. The average Bonchev–Trinajstić information content (AvgIpc) is 2.53. The van der Waals surface area contributed by atoms with Crippen LogP contribution in [0.25, 0.3) is 0 Å². The molecule has 13 heavy (non-hydrogen) atoms. The molecule has 1 aliphatic carbocycles. The van der Waals surface area contributed by atoms with Gasteiger partial charge in [-0.15, -0.1) is 0 Å². The van der Waals surface area contributed by atoms with Crippen LogP contribution in [0.15, 0.2) is 18.5 Å². The Bertz CT molecular complexity index is 243. The van der Waals surface area contributed by atoms with E-state index in [2.05, 4.69) is 29.8 Å². The standard InChI is InChI=1S/C11H18N2/c1-9-6-10(2)8-11(7-9)13-5-3-4-12-13/h3-5,9-11H,6-8H2,1-2H3. The van der Waals surface area contributed by atoms with E-state index in [4.69, 9.17) is 0 Å². The van der Waals surface area contributed by atoms with Gasteiger partial charge in [-0.2, -0.15) is 5.10 Å². The summed E-state index contributed by atoms with van der Waals surface area (Å²) in [5.74, 6) is 1.72. The van der Waals surface area contributed by atoms with Crippen molar-refractivity contribution in [3.05, 3.63) is 18.5 Å². The Balaban J connectivity index is 2.07. The Morgan fingerprint density at radius 1 is 1.15 bits per heavy atom. The van der Waals surface area contributed by atoms with Crippen molar-refractivity contribution in [3.63, 3.8) is 0 Å². The van der Waals surface area contributed by atoms with Gasteiger partial charge in [-0.05, 0) is 37.2 Å². The first-order chi connectivity index (χ1) is 6.25. The molecule has 1 saturated carbocycles. The van der Waals surface area contributed by atoms with Gasteiger partial charge in [-0.25, -0.2) is 0 Å². The summed E-state index contributed by atoms with van der Waals surface area (Å²) in [6.45, 7) is 4.71. The van der Waals surface area contributed by atoms with Gasteiger partial charge < -0.3 is 0 Å². The summed E-state index contributed by atoms with van der Waals surface area (Å²) >= 11 is 0. The third kappa shape index (κ3) is 1.93. The minimum atomic E-state index is 0.647. The maximum absolute atomic E-state index is 4.33. The largest absolute Gasteiger partial charge is 0.270 e. The molecule has 0 amide bonds. The van der Waals surface area contributed by atoms with Gasteiger partial charge >= 0.3 is 0 Å². The molecule has 0 aliphatic heterocycles. The number of aromatic nitrogens is 2. The highest BCUT2D eigenvalue weighted by molar-refractivity contribution is 4.85. The molecule has 2 nitrogen and oxygen atoms in total. The molecule has 1 aromatic heterocycles. The lowest BCUT2D eigenvalue weighted by Gasteiger charge is -2.31. The Morgan fingerprint density at radius 2 is 1.85 bits per heavy atom. The van der Waals surface area contributed by atoms with E-state index in [1.807, 2.05) is 12.3 Å². The van der Waals surface area contributed by atoms with Gasteiger partial charge in [0.05, 0.1) is 6.04 Å². The second-order valence-electron chi connectivity index (χ2n) is 4.56. The lowest BCUT2D eigenvalue weighted by molar-refractivity contribution is 0.210. The SMILES string of the molecule is CC1CC(C)CC(n2cccn2)C1. The van der Waals surface area contributed by atoms with Crippen molar-refractivity contribution in [1.29, 1.82) is 0 Å². The van der Waals surface area contributed by atoms with Crippen LogP contribution >= 0.6 is 0 Å². The van der Waals surface area contributed by atoms with Crippen molar-refractivity contribution in [1.82, 2.24) is 9.78 Å². The van der Waals surface area contributed by atoms with Gasteiger partial charge in [0.1, 0.15) is 0 Å². The van der Waals surface area contributed by atoms with Gasteiger partial charge in [0.2, 0.25) is 0 Å². The fourth-order valence-corrected chi connectivity index (χ4v) is 2.62. The molecular formula is C11H18N2. The number of hydrogen-bond acceptors (Lipinski definition) is 1. The van der Waals surface area contributed by atoms with E-state index in [0.717, 1.165) is 11.8 Å². The van der Waals surface area contributed by atoms with Crippen LogP contribution in [0.3, 0.4) is 0 Å². The van der Waals surface area contributed by atoms with Crippen LogP contribution in [0.4, 0.5) is 0 Å². The van der Waals surface area contributed by atoms with Crippen molar-refractivity contribution < 1.29 is 0 Å². The maximum atomic E-state index is 4.33. The van der Waals surface area contributed by atoms with E-state index in [9.17, 15) is 0 Å². The topological polar surface area (TPSA) is 17.8 Å². The molecule has 0 radical (unpaired) electrons. The molecule has 2 rings (SSSR count). The van der Waals surface area contributed by atoms with Crippen LogP contribution in [0.1, 0.15) is 39.2 Å². The first-order valence-electron chi connectivity index (χ1n) is 5.25. The molecule has 72 valence electrons. The van der Waals surface area contributed by atoms with Crippen molar-refractivity contribution >= 4 is 0 Å². The predicted octanol–water partition coefficient (Wildman–Crippen LogP) is 2.88. The van der Waals surface area contributed by atoms with Crippen LogP contribution < -0.4 is 0 Å². The molecule has 2 atom stereocenters. The van der Waals surface area contributed by atoms with Crippen molar-refractivity contribution in [2.75, 3.05) is 0 Å². The Morgan fingerprint density at radius 3 is 2.38 bits per heavy atom. The van der Waals surface area contributed by atoms with E-state index in [1.165, 1.54) is 19.3 Å². The molecule has 1 aliphatic rings. The minimum absolute atomic E-state index is 0.647. The van der Waals surface area contributed by atoms with Crippen molar-refractivity contribution in [3.8, 4) is 0 Å². The Labute approximate surface area is 80.0 Å². The molecule has 0 N–H and O–H groups in total. The zero-order valence-electron chi connectivity index (χ0n) is 8.48. The van der Waals surface area contributed by atoms with Crippen molar-refractivity contribution in [2.24, 2.45) is 11.8 Å². The zero-order chi connectivity index (χ0) is 9.26. The smallest absolute Gasteiger partial charge is 0.0524 e. The van der Waals surface area contributed by atoms with Crippen LogP contribution in [0, 0.1) is 11.8 Å². The molecule has 0 aromatic carbocycles. The summed E-state index contributed by atoms with van der Waals surface area (Å²) in [5, 5.41) is 4.33. The van der Waals surface area contributed by atoms with E-state index >= 15 is 0 Å². The van der Waals surface area contributed by atoms with Gasteiger partial charge in [-0.3, -0.25) is 4.68 Å². The summed E-state index contributed by atoms with van der Waals surface area (Å²) in [5.41, 5.74) is 0. The number of hydrogen-bond donors (Lipinski definition) is 0. The van der Waals surface area contributed by atoms with Crippen molar-refractivity contribution in [2.45, 2.75) is 39.2 Å². The molecule has 1 fully saturated rings. The lowest BCUT2D eigenvalue weighted by atomic mass is 9.80. The predicted molar refractivity (Wildman–Crippen MR) is 53.4 cm³/mol.